The number of hydrogen-bond donors (Lipinski definition) is 2. The summed E-state index contributed by atoms with van der Waals surface area (Å²) in [6.07, 6.45) is 0. The molecular formula is C13H9NO5. The summed E-state index contributed by atoms with van der Waals surface area (Å²) in [5.41, 5.74) is 1.01. The highest BCUT2D eigenvalue weighted by Crippen LogP contribution is 2.27. The van der Waals surface area contributed by atoms with Crippen molar-refractivity contribution in [1.29, 1.82) is 0 Å². The summed E-state index contributed by atoms with van der Waals surface area (Å²) in [6.45, 7) is 0. The largest absolute Gasteiger partial charge is 0.507 e. The lowest BCUT2D eigenvalue weighted by atomic mass is 10.0. The van der Waals surface area contributed by atoms with E-state index in [1.165, 1.54) is 42.5 Å². The van der Waals surface area contributed by atoms with E-state index in [0.717, 1.165) is 0 Å². The first-order valence-electron chi connectivity index (χ1n) is 5.30. The topological polar surface area (TPSA) is 101 Å². The highest BCUT2D eigenvalue weighted by atomic mass is 16.6. The van der Waals surface area contributed by atoms with Crippen LogP contribution in [0.2, 0.25) is 0 Å². The summed E-state index contributed by atoms with van der Waals surface area (Å²) in [4.78, 5) is 20.8. The van der Waals surface area contributed by atoms with Crippen LogP contribution < -0.4 is 0 Å². The molecule has 19 heavy (non-hydrogen) atoms. The normalized spacial score (nSPS) is 10.1. The Hall–Kier alpha value is -2.89. The second kappa shape index (κ2) is 4.77. The van der Waals surface area contributed by atoms with Gasteiger partial charge in [0.25, 0.3) is 5.69 Å². The molecular weight excluding hydrogens is 250 g/mol. The van der Waals surface area contributed by atoms with Gasteiger partial charge >= 0.3 is 5.97 Å². The van der Waals surface area contributed by atoms with Crippen molar-refractivity contribution in [2.75, 3.05) is 0 Å². The Kier molecular flexibility index (Phi) is 3.15. The van der Waals surface area contributed by atoms with E-state index < -0.39 is 10.9 Å². The van der Waals surface area contributed by atoms with Gasteiger partial charge in [0.15, 0.2) is 0 Å². The van der Waals surface area contributed by atoms with Gasteiger partial charge in [-0.25, -0.2) is 4.79 Å². The quantitative estimate of drug-likeness (QED) is 0.651. The van der Waals surface area contributed by atoms with Crippen molar-refractivity contribution in [2.24, 2.45) is 0 Å². The molecule has 6 nitrogen and oxygen atoms in total. The molecule has 96 valence electrons. The summed E-state index contributed by atoms with van der Waals surface area (Å²) < 4.78 is 0. The lowest BCUT2D eigenvalue weighted by Crippen LogP contribution is -1.96. The van der Waals surface area contributed by atoms with E-state index >= 15 is 0 Å². The molecule has 0 aliphatic heterocycles. The minimum Gasteiger partial charge on any atom is -0.507 e. The Labute approximate surface area is 107 Å². The van der Waals surface area contributed by atoms with Gasteiger partial charge in [-0.05, 0) is 35.4 Å². The van der Waals surface area contributed by atoms with Crippen LogP contribution in [0, 0.1) is 10.1 Å². The van der Waals surface area contributed by atoms with Crippen molar-refractivity contribution >= 4 is 11.7 Å². The molecule has 0 amide bonds. The van der Waals surface area contributed by atoms with Crippen LogP contribution in [0.3, 0.4) is 0 Å². The van der Waals surface area contributed by atoms with Crippen molar-refractivity contribution in [3.8, 4) is 16.9 Å². The Balaban J connectivity index is 2.39. The smallest absolute Gasteiger partial charge is 0.339 e. The fourth-order valence-corrected chi connectivity index (χ4v) is 1.67. The van der Waals surface area contributed by atoms with E-state index in [9.17, 15) is 20.0 Å². The maximum Gasteiger partial charge on any atom is 0.339 e. The van der Waals surface area contributed by atoms with Gasteiger partial charge in [0, 0.05) is 12.1 Å². The van der Waals surface area contributed by atoms with Gasteiger partial charge in [0.05, 0.1) is 4.92 Å². The number of nitrogens with zero attached hydrogens (tertiary/aromatic N) is 1. The molecule has 2 aromatic carbocycles. The number of nitro benzene ring substituents is 1. The molecule has 0 spiro atoms. The van der Waals surface area contributed by atoms with Crippen LogP contribution in [-0.4, -0.2) is 21.1 Å². The van der Waals surface area contributed by atoms with Gasteiger partial charge in [0.1, 0.15) is 11.3 Å². The number of aromatic hydroxyl groups is 1. The number of aromatic carboxylic acids is 1. The maximum atomic E-state index is 10.8. The van der Waals surface area contributed by atoms with Gasteiger partial charge in [-0.15, -0.1) is 0 Å². The third kappa shape index (κ3) is 2.52. The Morgan fingerprint density at radius 2 is 1.63 bits per heavy atom. The summed E-state index contributed by atoms with van der Waals surface area (Å²) in [5, 5.41) is 28.9. The average Bonchev–Trinajstić information content (AvgIpc) is 2.38. The second-order valence-corrected chi connectivity index (χ2v) is 3.84. The first-order chi connectivity index (χ1) is 8.99. The zero-order chi connectivity index (χ0) is 14.0. The lowest BCUT2D eigenvalue weighted by molar-refractivity contribution is -0.384. The molecule has 0 aliphatic carbocycles. The van der Waals surface area contributed by atoms with Crippen LogP contribution in [0.5, 0.6) is 5.75 Å². The summed E-state index contributed by atoms with van der Waals surface area (Å²) in [7, 11) is 0. The number of rotatable bonds is 3. The molecule has 0 aliphatic rings. The predicted molar refractivity (Wildman–Crippen MR) is 67.2 cm³/mol. The van der Waals surface area contributed by atoms with Gasteiger partial charge < -0.3 is 10.2 Å². The molecule has 0 saturated carbocycles. The third-order valence-electron chi connectivity index (χ3n) is 2.64. The molecule has 0 saturated heterocycles. The molecule has 0 fully saturated rings. The first kappa shape index (κ1) is 12.6. The molecule has 0 heterocycles. The van der Waals surface area contributed by atoms with E-state index in [1.54, 1.807) is 0 Å². The van der Waals surface area contributed by atoms with E-state index in [2.05, 4.69) is 0 Å². The zero-order valence-electron chi connectivity index (χ0n) is 9.61. The van der Waals surface area contributed by atoms with Crippen LogP contribution in [0.25, 0.3) is 11.1 Å². The number of carboxylic acid groups (broad SMARTS) is 1. The number of carboxylic acids is 1. The fourth-order valence-electron chi connectivity index (χ4n) is 1.67. The molecule has 2 N–H and O–H groups in total. The minimum absolute atomic E-state index is 0.0323. The van der Waals surface area contributed by atoms with Crippen LogP contribution in [0.4, 0.5) is 5.69 Å². The number of benzene rings is 2. The molecule has 2 aromatic rings. The van der Waals surface area contributed by atoms with E-state index in [-0.39, 0.29) is 17.0 Å². The number of nitro groups is 1. The fraction of sp³-hybridized carbons (Fsp3) is 0. The first-order valence-corrected chi connectivity index (χ1v) is 5.30. The van der Waals surface area contributed by atoms with Crippen molar-refractivity contribution in [3.05, 3.63) is 58.1 Å². The van der Waals surface area contributed by atoms with Gasteiger partial charge in [0.2, 0.25) is 0 Å². The Morgan fingerprint density at radius 1 is 1.05 bits per heavy atom. The molecule has 0 unspecified atom stereocenters. The van der Waals surface area contributed by atoms with Crippen molar-refractivity contribution in [3.63, 3.8) is 0 Å². The van der Waals surface area contributed by atoms with E-state index in [0.29, 0.717) is 11.1 Å². The number of non-ortho nitro benzene ring substituents is 1. The zero-order valence-corrected chi connectivity index (χ0v) is 9.61. The SMILES string of the molecule is O=C(O)c1ccc(-c2ccc([N+](=O)[O-])cc2)cc1O. The predicted octanol–water partition coefficient (Wildman–Crippen LogP) is 2.67. The monoisotopic (exact) mass is 259 g/mol. The van der Waals surface area contributed by atoms with Crippen LogP contribution >= 0.6 is 0 Å². The number of phenols is 1. The highest BCUT2D eigenvalue weighted by Gasteiger charge is 2.11. The number of carbonyl (C=O) groups is 1. The molecule has 0 atom stereocenters. The Morgan fingerprint density at radius 3 is 2.11 bits per heavy atom. The summed E-state index contributed by atoms with van der Waals surface area (Å²) in [6, 6.07) is 9.89. The average molecular weight is 259 g/mol. The summed E-state index contributed by atoms with van der Waals surface area (Å²) in [5.74, 6) is -1.56. The van der Waals surface area contributed by atoms with Gasteiger partial charge in [-0.3, -0.25) is 10.1 Å². The van der Waals surface area contributed by atoms with Gasteiger partial charge in [-0.2, -0.15) is 0 Å². The molecule has 6 heteroatoms. The van der Waals surface area contributed by atoms with Crippen LogP contribution in [-0.2, 0) is 0 Å². The molecule has 2 rings (SSSR count). The molecule has 0 radical (unpaired) electrons. The van der Waals surface area contributed by atoms with Gasteiger partial charge in [-0.1, -0.05) is 6.07 Å². The molecule has 0 aromatic heterocycles. The second-order valence-electron chi connectivity index (χ2n) is 3.84. The van der Waals surface area contributed by atoms with Crippen molar-refractivity contribution < 1.29 is 19.9 Å². The van der Waals surface area contributed by atoms with Crippen LogP contribution in [0.1, 0.15) is 10.4 Å². The van der Waals surface area contributed by atoms with Crippen molar-refractivity contribution in [2.45, 2.75) is 0 Å². The maximum absolute atomic E-state index is 10.8. The standard InChI is InChI=1S/C13H9NO5/c15-12-7-9(3-6-11(12)13(16)17)8-1-4-10(5-2-8)14(18)19/h1-7,15H,(H,16,17). The highest BCUT2D eigenvalue weighted by molar-refractivity contribution is 5.91. The van der Waals surface area contributed by atoms with Crippen LogP contribution in [0.15, 0.2) is 42.5 Å². The minimum atomic E-state index is -1.22. The lowest BCUT2D eigenvalue weighted by Gasteiger charge is -2.04. The number of hydrogen-bond acceptors (Lipinski definition) is 4. The molecule has 0 bridgehead atoms. The van der Waals surface area contributed by atoms with E-state index in [4.69, 9.17) is 5.11 Å². The van der Waals surface area contributed by atoms with Crippen molar-refractivity contribution in [1.82, 2.24) is 0 Å². The third-order valence-corrected chi connectivity index (χ3v) is 2.64. The summed E-state index contributed by atoms with van der Waals surface area (Å²) >= 11 is 0. The van der Waals surface area contributed by atoms with E-state index in [1.807, 2.05) is 0 Å². The Bertz CT molecular complexity index is 649.